The summed E-state index contributed by atoms with van der Waals surface area (Å²) < 4.78 is 7.89. The van der Waals surface area contributed by atoms with E-state index in [0.29, 0.717) is 0 Å². The Labute approximate surface area is 495 Å². The van der Waals surface area contributed by atoms with Crippen LogP contribution in [0.5, 0.6) is 0 Å². The van der Waals surface area contributed by atoms with E-state index in [-0.39, 0.29) is 44.6 Å². The summed E-state index contributed by atoms with van der Waals surface area (Å²) in [7, 11) is 0. The number of rotatable bonds is 6. The molecule has 0 N–H and O–H groups in total. The molecule has 0 radical (unpaired) electrons. The van der Waals surface area contributed by atoms with E-state index in [4.69, 9.17) is 4.42 Å². The van der Waals surface area contributed by atoms with Crippen molar-refractivity contribution in [3.63, 3.8) is 0 Å². The minimum absolute atomic E-state index is 0.00457. The molecule has 3 heterocycles. The van der Waals surface area contributed by atoms with Gasteiger partial charge in [0.15, 0.2) is 0 Å². The average Bonchev–Trinajstić information content (AvgIpc) is 1.85. The molecule has 1 aromatic heterocycles. The summed E-state index contributed by atoms with van der Waals surface area (Å²) in [5.74, 6) is 0. The zero-order valence-corrected chi connectivity index (χ0v) is 51.8. The standard InChI is InChI=1S/C78H82BN3O/c1-48-23-21-22-28-61(48)80(51-26-19-16-20-27-51)53-41-64-69-65(42-53)82(62-34-33-55-68(67(62)49-24-17-15-18-25-49)76(11,12)38-37-73(55,5)6)63-45-57-56(74(7,8)35-36-75(57,9)10)44-60(63)79(69)71-70(81(64)52-31-29-50(30-32-52)72(2,3)4)54-43-58-59(46-66(54)83-71)78(14)40-39-77(58,13)47-78/h15-34,41-46H,35-40,47H2,1-14H3. The molecule has 15 rings (SSSR count). The fraction of sp³-hybridized carbons (Fsp3) is 0.359. The highest BCUT2D eigenvalue weighted by Gasteiger charge is 2.55. The van der Waals surface area contributed by atoms with Gasteiger partial charge in [0.25, 0.3) is 6.71 Å². The van der Waals surface area contributed by atoms with Crippen LogP contribution in [-0.2, 0) is 37.9 Å². The van der Waals surface area contributed by atoms with E-state index in [1.165, 1.54) is 120 Å². The van der Waals surface area contributed by atoms with Gasteiger partial charge in [0.1, 0.15) is 5.58 Å². The largest absolute Gasteiger partial charge is 0.468 e. The van der Waals surface area contributed by atoms with Crippen molar-refractivity contribution in [3.05, 3.63) is 202 Å². The highest BCUT2D eigenvalue weighted by atomic mass is 16.3. The van der Waals surface area contributed by atoms with Crippen molar-refractivity contribution in [2.24, 2.45) is 0 Å². The molecule has 2 unspecified atom stereocenters. The van der Waals surface area contributed by atoms with Gasteiger partial charge in [-0.05, 0) is 218 Å². The molecule has 418 valence electrons. The predicted molar refractivity (Wildman–Crippen MR) is 353 cm³/mol. The number of nitrogens with zero attached hydrogens (tertiary/aromatic N) is 3. The Balaban J connectivity index is 1.14. The summed E-state index contributed by atoms with van der Waals surface area (Å²) in [6.45, 7) is 34.0. The number of aryl methyl sites for hydroxylation is 1. The van der Waals surface area contributed by atoms with Gasteiger partial charge in [0.2, 0.25) is 0 Å². The molecule has 2 bridgehead atoms. The molecule has 4 nitrogen and oxygen atoms in total. The van der Waals surface area contributed by atoms with E-state index >= 15 is 0 Å². The second-order valence-corrected chi connectivity index (χ2v) is 30.5. The van der Waals surface area contributed by atoms with Crippen LogP contribution in [0.1, 0.15) is 179 Å². The number of hydrogen-bond donors (Lipinski definition) is 0. The third-order valence-electron chi connectivity index (χ3n) is 22.0. The SMILES string of the molecule is Cc1ccccc1N(c1ccccc1)c1cc2c3c(c1)N(c1ccc(C(C)(C)C)cc1)c1c(oc4cc5c(cc14)C1(C)CCC5(C)C1)B3c1cc3c(cc1N2c1ccc2c(c1-c1ccccc1)C(C)(C)CCC2(C)C)C(C)(C)CCC3(C)C. The Morgan fingerprint density at radius 3 is 1.72 bits per heavy atom. The number of furan rings is 1. The van der Waals surface area contributed by atoms with Crippen molar-refractivity contribution in [1.82, 2.24) is 0 Å². The van der Waals surface area contributed by atoms with Crippen LogP contribution in [0.2, 0.25) is 0 Å². The average molecular weight is 1090 g/mol. The van der Waals surface area contributed by atoms with Crippen LogP contribution in [0.15, 0.2) is 162 Å². The van der Waals surface area contributed by atoms with Crippen molar-refractivity contribution >= 4 is 85.5 Å². The molecule has 0 amide bonds. The molecule has 6 aliphatic rings. The van der Waals surface area contributed by atoms with E-state index < -0.39 is 0 Å². The summed E-state index contributed by atoms with van der Waals surface area (Å²) in [5, 5.41) is 1.21. The topological polar surface area (TPSA) is 22.9 Å². The van der Waals surface area contributed by atoms with Crippen LogP contribution in [0.25, 0.3) is 22.1 Å². The number of anilines is 9. The van der Waals surface area contributed by atoms with E-state index in [2.05, 4.69) is 269 Å². The zero-order valence-electron chi connectivity index (χ0n) is 51.8. The fourth-order valence-corrected chi connectivity index (χ4v) is 17.0. The van der Waals surface area contributed by atoms with Gasteiger partial charge < -0.3 is 19.1 Å². The maximum absolute atomic E-state index is 7.89. The fourth-order valence-electron chi connectivity index (χ4n) is 17.0. The zero-order chi connectivity index (χ0) is 57.7. The first-order valence-electron chi connectivity index (χ1n) is 31.2. The van der Waals surface area contributed by atoms with E-state index in [1.54, 1.807) is 0 Å². The number of benzene rings is 8. The third kappa shape index (κ3) is 7.63. The quantitative estimate of drug-likeness (QED) is 0.155. The second-order valence-electron chi connectivity index (χ2n) is 30.5. The first kappa shape index (κ1) is 52.6. The summed E-state index contributed by atoms with van der Waals surface area (Å²) in [4.78, 5) is 7.93. The van der Waals surface area contributed by atoms with E-state index in [0.717, 1.165) is 59.7 Å². The number of hydrogen-bond acceptors (Lipinski definition) is 4. The van der Waals surface area contributed by atoms with Gasteiger partial charge in [-0.25, -0.2) is 0 Å². The summed E-state index contributed by atoms with van der Waals surface area (Å²) in [6, 6.07) is 61.6. The second kappa shape index (κ2) is 17.4. The van der Waals surface area contributed by atoms with Crippen molar-refractivity contribution < 1.29 is 4.42 Å². The third-order valence-corrected chi connectivity index (χ3v) is 22.0. The molecule has 2 atom stereocenters. The Morgan fingerprint density at radius 2 is 1.07 bits per heavy atom. The molecule has 5 heteroatoms. The number of para-hydroxylation sites is 2. The molecule has 2 aliphatic heterocycles. The molecule has 4 aliphatic carbocycles. The molecule has 1 saturated carbocycles. The summed E-state index contributed by atoms with van der Waals surface area (Å²) in [5.41, 5.74) is 29.2. The van der Waals surface area contributed by atoms with Crippen molar-refractivity contribution in [2.75, 3.05) is 14.7 Å². The van der Waals surface area contributed by atoms with Crippen LogP contribution < -0.4 is 31.3 Å². The monoisotopic (exact) mass is 1090 g/mol. The molecule has 83 heavy (non-hydrogen) atoms. The van der Waals surface area contributed by atoms with Crippen LogP contribution in [-0.4, -0.2) is 6.71 Å². The Morgan fingerprint density at radius 1 is 0.494 bits per heavy atom. The number of fused-ring (bicyclic) bond motifs is 13. The lowest BCUT2D eigenvalue weighted by Crippen LogP contribution is -2.61. The lowest BCUT2D eigenvalue weighted by Gasteiger charge is -2.48. The smallest absolute Gasteiger partial charge is 0.297 e. The van der Waals surface area contributed by atoms with Crippen LogP contribution >= 0.6 is 0 Å². The molecule has 0 spiro atoms. The van der Waals surface area contributed by atoms with Crippen LogP contribution in [0, 0.1) is 6.92 Å². The molecular formula is C78H82BN3O. The summed E-state index contributed by atoms with van der Waals surface area (Å²) >= 11 is 0. The highest BCUT2D eigenvalue weighted by molar-refractivity contribution is 7.00. The lowest BCUT2D eigenvalue weighted by molar-refractivity contribution is 0.332. The molecular weight excluding hydrogens is 1010 g/mol. The Kier molecular flexibility index (Phi) is 11.0. The van der Waals surface area contributed by atoms with Crippen molar-refractivity contribution in [1.29, 1.82) is 0 Å². The maximum Gasteiger partial charge on any atom is 0.297 e. The Bertz CT molecular complexity index is 4170. The first-order valence-corrected chi connectivity index (χ1v) is 31.2. The minimum Gasteiger partial charge on any atom is -0.468 e. The lowest BCUT2D eigenvalue weighted by atomic mass is 9.35. The molecule has 9 aromatic rings. The van der Waals surface area contributed by atoms with Crippen molar-refractivity contribution in [2.45, 2.75) is 180 Å². The maximum atomic E-state index is 7.89. The molecule has 0 saturated heterocycles. The minimum atomic E-state index is -0.214. The van der Waals surface area contributed by atoms with Crippen LogP contribution in [0.4, 0.5) is 51.2 Å². The van der Waals surface area contributed by atoms with Gasteiger partial charge in [-0.1, -0.05) is 181 Å². The van der Waals surface area contributed by atoms with Gasteiger partial charge in [0.05, 0.1) is 22.7 Å². The van der Waals surface area contributed by atoms with Crippen LogP contribution in [0.3, 0.4) is 0 Å². The predicted octanol–water partition coefficient (Wildman–Crippen LogP) is 19.7. The van der Waals surface area contributed by atoms with E-state index in [1.807, 2.05) is 0 Å². The molecule has 1 fully saturated rings. The van der Waals surface area contributed by atoms with Gasteiger partial charge >= 0.3 is 0 Å². The van der Waals surface area contributed by atoms with Gasteiger partial charge in [-0.2, -0.15) is 0 Å². The normalized spacial score (nSPS) is 21.7. The van der Waals surface area contributed by atoms with E-state index in [9.17, 15) is 0 Å². The highest BCUT2D eigenvalue weighted by Crippen LogP contribution is 2.63. The Hall–Kier alpha value is -7.24. The van der Waals surface area contributed by atoms with Gasteiger partial charge in [-0.3, -0.25) is 0 Å². The van der Waals surface area contributed by atoms with Gasteiger partial charge in [-0.15, -0.1) is 0 Å². The molecule has 8 aromatic carbocycles. The van der Waals surface area contributed by atoms with Crippen molar-refractivity contribution in [3.8, 4) is 11.1 Å². The van der Waals surface area contributed by atoms with Gasteiger partial charge in [0, 0.05) is 45.1 Å². The first-order chi connectivity index (χ1) is 39.4. The summed E-state index contributed by atoms with van der Waals surface area (Å²) in [6.07, 6.45) is 8.13.